The minimum Gasteiger partial charge on any atom is -0.329 e. The summed E-state index contributed by atoms with van der Waals surface area (Å²) in [6.45, 7) is 6.25. The van der Waals surface area contributed by atoms with Gasteiger partial charge in [0.2, 0.25) is 0 Å². The second kappa shape index (κ2) is 5.61. The number of nitrogens with zero attached hydrogens (tertiary/aromatic N) is 1. The average molecular weight is 249 g/mol. The first kappa shape index (κ1) is 13.9. The van der Waals surface area contributed by atoms with Crippen LogP contribution in [0.25, 0.3) is 0 Å². The molecule has 2 rings (SSSR count). The normalized spacial score (nSPS) is 34.4. The molecular formula is C15H27N3. The molecule has 1 saturated carbocycles. The number of nitrogens with two attached hydrogens (primary N) is 1. The largest absolute Gasteiger partial charge is 0.329 e. The molecular weight excluding hydrogens is 222 g/mol. The van der Waals surface area contributed by atoms with Crippen molar-refractivity contribution >= 4 is 0 Å². The van der Waals surface area contributed by atoms with Crippen molar-refractivity contribution < 1.29 is 0 Å². The van der Waals surface area contributed by atoms with Crippen LogP contribution in [0.2, 0.25) is 0 Å². The van der Waals surface area contributed by atoms with Gasteiger partial charge in [0.25, 0.3) is 0 Å². The number of rotatable bonds is 6. The summed E-state index contributed by atoms with van der Waals surface area (Å²) in [5.41, 5.74) is 6.09. The van der Waals surface area contributed by atoms with Crippen molar-refractivity contribution in [2.24, 2.45) is 5.73 Å². The molecule has 0 radical (unpaired) electrons. The molecule has 18 heavy (non-hydrogen) atoms. The van der Waals surface area contributed by atoms with Crippen molar-refractivity contribution in [2.75, 3.05) is 13.1 Å². The minimum atomic E-state index is 0.0359. The van der Waals surface area contributed by atoms with E-state index in [1.54, 1.807) is 0 Å². The Morgan fingerprint density at radius 3 is 2.78 bits per heavy atom. The Morgan fingerprint density at radius 1 is 1.56 bits per heavy atom. The van der Waals surface area contributed by atoms with Crippen LogP contribution in [0.1, 0.15) is 46.0 Å². The maximum atomic E-state index is 6.06. The maximum absolute atomic E-state index is 6.06. The Morgan fingerprint density at radius 2 is 2.28 bits per heavy atom. The molecule has 3 nitrogen and oxygen atoms in total. The van der Waals surface area contributed by atoms with Gasteiger partial charge in [-0.2, -0.15) is 0 Å². The highest BCUT2D eigenvalue weighted by Crippen LogP contribution is 2.37. The number of hydrogen-bond donors (Lipinski definition) is 2. The fourth-order valence-corrected chi connectivity index (χ4v) is 3.31. The number of likely N-dealkylation sites (tertiary alicyclic amines) is 1. The minimum absolute atomic E-state index is 0.0359. The van der Waals surface area contributed by atoms with Crippen LogP contribution < -0.4 is 11.1 Å². The molecule has 0 aromatic rings. The molecule has 1 aliphatic heterocycles. The van der Waals surface area contributed by atoms with E-state index < -0.39 is 0 Å². The Labute approximate surface area is 111 Å². The fraction of sp³-hybridized carbons (Fsp3) is 0.867. The van der Waals surface area contributed by atoms with Crippen molar-refractivity contribution in [3.63, 3.8) is 0 Å². The molecule has 0 amide bonds. The first-order valence-electron chi connectivity index (χ1n) is 7.34. The fourth-order valence-electron chi connectivity index (χ4n) is 3.31. The van der Waals surface area contributed by atoms with Gasteiger partial charge in [-0.25, -0.2) is 0 Å². The Balaban J connectivity index is 2.00. The van der Waals surface area contributed by atoms with Gasteiger partial charge in [-0.15, -0.1) is 6.42 Å². The zero-order valence-corrected chi connectivity index (χ0v) is 11.8. The molecule has 0 bridgehead atoms. The molecule has 1 heterocycles. The summed E-state index contributed by atoms with van der Waals surface area (Å²) in [5, 5.41) is 3.67. The molecule has 0 spiro atoms. The van der Waals surface area contributed by atoms with Gasteiger partial charge in [0.1, 0.15) is 0 Å². The van der Waals surface area contributed by atoms with Gasteiger partial charge in [0.15, 0.2) is 0 Å². The van der Waals surface area contributed by atoms with Crippen LogP contribution >= 0.6 is 0 Å². The summed E-state index contributed by atoms with van der Waals surface area (Å²) in [6.07, 6.45) is 11.6. The molecule has 3 heteroatoms. The van der Waals surface area contributed by atoms with E-state index in [1.807, 2.05) is 0 Å². The summed E-state index contributed by atoms with van der Waals surface area (Å²) in [4.78, 5) is 2.62. The van der Waals surface area contributed by atoms with Crippen LogP contribution in [0.3, 0.4) is 0 Å². The number of nitrogens with one attached hydrogen (secondary N) is 1. The summed E-state index contributed by atoms with van der Waals surface area (Å²) in [5.74, 6) is 2.88. The smallest absolute Gasteiger partial charge is 0.0691 e. The lowest BCUT2D eigenvalue weighted by Crippen LogP contribution is -2.56. The van der Waals surface area contributed by atoms with Gasteiger partial charge in [0, 0.05) is 30.7 Å². The van der Waals surface area contributed by atoms with Crippen molar-refractivity contribution in [2.45, 2.75) is 69.6 Å². The van der Waals surface area contributed by atoms with E-state index in [-0.39, 0.29) is 11.6 Å². The quantitative estimate of drug-likeness (QED) is 0.698. The van der Waals surface area contributed by atoms with E-state index in [0.29, 0.717) is 12.6 Å². The second-order valence-corrected chi connectivity index (χ2v) is 6.09. The highest BCUT2D eigenvalue weighted by Gasteiger charge is 2.46. The van der Waals surface area contributed by atoms with Crippen LogP contribution in [-0.2, 0) is 0 Å². The first-order chi connectivity index (χ1) is 8.64. The highest BCUT2D eigenvalue weighted by atomic mass is 15.3. The molecule has 1 saturated heterocycles. The Bertz CT molecular complexity index is 318. The third kappa shape index (κ3) is 2.88. The first-order valence-corrected chi connectivity index (χ1v) is 7.34. The molecule has 3 N–H and O–H groups in total. The number of terminal acetylenes is 1. The van der Waals surface area contributed by atoms with Crippen LogP contribution in [0.15, 0.2) is 0 Å². The summed E-state index contributed by atoms with van der Waals surface area (Å²) in [7, 11) is 0. The molecule has 0 aromatic carbocycles. The molecule has 3 atom stereocenters. The van der Waals surface area contributed by atoms with Crippen molar-refractivity contribution in [3.8, 4) is 12.3 Å². The molecule has 102 valence electrons. The van der Waals surface area contributed by atoms with Crippen LogP contribution in [0, 0.1) is 12.3 Å². The third-order valence-electron chi connectivity index (χ3n) is 4.40. The van der Waals surface area contributed by atoms with Gasteiger partial charge >= 0.3 is 0 Å². The molecule has 1 aliphatic carbocycles. The van der Waals surface area contributed by atoms with E-state index in [0.717, 1.165) is 31.8 Å². The zero-order chi connectivity index (χ0) is 13.2. The van der Waals surface area contributed by atoms with E-state index in [1.165, 1.54) is 12.8 Å². The van der Waals surface area contributed by atoms with Crippen LogP contribution in [-0.4, -0.2) is 41.7 Å². The number of hydrogen-bond acceptors (Lipinski definition) is 3. The highest BCUT2D eigenvalue weighted by molar-refractivity contribution is 5.10. The van der Waals surface area contributed by atoms with E-state index in [9.17, 15) is 0 Å². The molecule has 2 fully saturated rings. The summed E-state index contributed by atoms with van der Waals surface area (Å²) >= 11 is 0. The Hall–Kier alpha value is -0.560. The van der Waals surface area contributed by atoms with Gasteiger partial charge in [0.05, 0.1) is 6.04 Å². The predicted molar refractivity (Wildman–Crippen MR) is 76.3 cm³/mol. The van der Waals surface area contributed by atoms with Gasteiger partial charge in [-0.05, 0) is 32.6 Å². The summed E-state index contributed by atoms with van der Waals surface area (Å²) in [6, 6.07) is 1.61. The lowest BCUT2D eigenvalue weighted by atomic mass is 9.94. The zero-order valence-electron chi connectivity index (χ0n) is 11.8. The maximum Gasteiger partial charge on any atom is 0.0691 e. The standard InChI is InChI=1S/C15H27N3/c1-4-6-13(5-2)17-15(10-16)9-12(3)18(11-15)14-7-8-14/h2,12-14,17H,4,6-11,16H2,1,3H3. The van der Waals surface area contributed by atoms with E-state index >= 15 is 0 Å². The molecule has 0 aromatic heterocycles. The van der Waals surface area contributed by atoms with Crippen LogP contribution in [0.5, 0.6) is 0 Å². The monoisotopic (exact) mass is 249 g/mol. The van der Waals surface area contributed by atoms with Gasteiger partial charge < -0.3 is 5.73 Å². The average Bonchev–Trinajstić information content (AvgIpc) is 3.14. The third-order valence-corrected chi connectivity index (χ3v) is 4.40. The lowest BCUT2D eigenvalue weighted by Gasteiger charge is -2.32. The van der Waals surface area contributed by atoms with Crippen molar-refractivity contribution in [1.82, 2.24) is 10.2 Å². The SMILES string of the molecule is C#CC(CCC)NC1(CN)CC(C)N(C2CC2)C1. The van der Waals surface area contributed by atoms with Crippen LogP contribution in [0.4, 0.5) is 0 Å². The summed E-state index contributed by atoms with van der Waals surface area (Å²) < 4.78 is 0. The van der Waals surface area contributed by atoms with Gasteiger partial charge in [-0.3, -0.25) is 10.2 Å². The van der Waals surface area contributed by atoms with E-state index in [4.69, 9.17) is 12.2 Å². The molecule has 3 unspecified atom stereocenters. The topological polar surface area (TPSA) is 41.3 Å². The molecule has 2 aliphatic rings. The van der Waals surface area contributed by atoms with Crippen molar-refractivity contribution in [3.05, 3.63) is 0 Å². The van der Waals surface area contributed by atoms with E-state index in [2.05, 4.69) is 30.0 Å². The lowest BCUT2D eigenvalue weighted by molar-refractivity contribution is 0.238. The predicted octanol–water partition coefficient (Wildman–Crippen LogP) is 1.33. The van der Waals surface area contributed by atoms with Crippen molar-refractivity contribution in [1.29, 1.82) is 0 Å². The van der Waals surface area contributed by atoms with Gasteiger partial charge in [-0.1, -0.05) is 19.3 Å². The second-order valence-electron chi connectivity index (χ2n) is 6.09. The Kier molecular flexibility index (Phi) is 4.32.